The van der Waals surface area contributed by atoms with Crippen molar-refractivity contribution in [3.63, 3.8) is 0 Å². The Labute approximate surface area is 167 Å². The summed E-state index contributed by atoms with van der Waals surface area (Å²) < 4.78 is 0. The molecular formula is C19H26O10. The Morgan fingerprint density at radius 1 is 0.724 bits per heavy atom. The Morgan fingerprint density at radius 3 is 1.10 bits per heavy atom. The minimum atomic E-state index is -2.97. The summed E-state index contributed by atoms with van der Waals surface area (Å²) in [5.41, 5.74) is 0.194. The van der Waals surface area contributed by atoms with Crippen LogP contribution in [0.5, 0.6) is 5.75 Å². The van der Waals surface area contributed by atoms with Gasteiger partial charge in [-0.3, -0.25) is 0 Å². The summed E-state index contributed by atoms with van der Waals surface area (Å²) in [4.78, 5) is 28.8. The van der Waals surface area contributed by atoms with E-state index in [1.807, 2.05) is 0 Å². The number of carboxylic acid groups (broad SMARTS) is 3. The lowest BCUT2D eigenvalue weighted by Gasteiger charge is -2.14. The molecule has 29 heavy (non-hydrogen) atoms. The van der Waals surface area contributed by atoms with Crippen molar-refractivity contribution in [3.05, 3.63) is 66.3 Å². The number of rotatable bonds is 4. The van der Waals surface area contributed by atoms with Crippen LogP contribution in [0.2, 0.25) is 0 Å². The lowest BCUT2D eigenvalue weighted by molar-refractivity contribution is -0.324. The van der Waals surface area contributed by atoms with Gasteiger partial charge in [0.05, 0.1) is 5.56 Å². The Morgan fingerprint density at radius 2 is 0.966 bits per heavy atom. The first kappa shape index (κ1) is 30.3. The molecule has 0 fully saturated rings. The van der Waals surface area contributed by atoms with Gasteiger partial charge >= 0.3 is 23.9 Å². The molecule has 0 unspecified atom stereocenters. The second-order valence-electron chi connectivity index (χ2n) is 5.41. The van der Waals surface area contributed by atoms with E-state index >= 15 is 0 Å². The Kier molecular flexibility index (Phi) is 15.2. The van der Waals surface area contributed by atoms with Gasteiger partial charge in [0.1, 0.15) is 5.75 Å². The monoisotopic (exact) mass is 414 g/mol. The van der Waals surface area contributed by atoms with Crippen LogP contribution in [0.4, 0.5) is 0 Å². The fourth-order valence-electron chi connectivity index (χ4n) is 0.757. The van der Waals surface area contributed by atoms with Crippen molar-refractivity contribution in [1.82, 2.24) is 0 Å². The molecule has 0 aliphatic carbocycles. The summed E-state index contributed by atoms with van der Waals surface area (Å²) in [6, 6.07) is 5.42. The normalized spacial score (nSPS) is 9.03. The maximum Gasteiger partial charge on any atom is 0.330 e. The summed E-state index contributed by atoms with van der Waals surface area (Å²) in [5.74, 6) is -6.13. The number of hydrogen-bond acceptors (Lipinski definition) is 7. The molecule has 1 aromatic rings. The number of para-hydroxylation sites is 1. The van der Waals surface area contributed by atoms with Crippen LogP contribution in [-0.4, -0.2) is 53.7 Å². The van der Waals surface area contributed by atoms with Crippen molar-refractivity contribution in [1.29, 1.82) is 0 Å². The summed E-state index contributed by atoms with van der Waals surface area (Å²) in [5, 5.41) is 58.5. The second kappa shape index (κ2) is 14.6. The third-order valence-electron chi connectivity index (χ3n) is 2.36. The number of phenols is 1. The highest BCUT2D eigenvalue weighted by Gasteiger charge is 2.24. The van der Waals surface area contributed by atoms with E-state index in [0.717, 1.165) is 0 Å². The maximum absolute atomic E-state index is 9.60. The van der Waals surface area contributed by atoms with Gasteiger partial charge in [-0.1, -0.05) is 31.9 Å². The molecule has 0 heterocycles. The number of phenolic OH excluding ortho intramolecular Hbond substituents is 1. The Bertz CT molecular complexity index is 649. The van der Waals surface area contributed by atoms with Crippen molar-refractivity contribution in [3.8, 4) is 5.75 Å². The maximum atomic E-state index is 9.60. The molecule has 0 saturated heterocycles. The topological polar surface area (TPSA) is 193 Å². The van der Waals surface area contributed by atoms with E-state index in [-0.39, 0.29) is 28.0 Å². The van der Waals surface area contributed by atoms with Crippen LogP contribution in [0.1, 0.15) is 26.3 Å². The molecular weight excluding hydrogens is 388 g/mol. The molecule has 0 aromatic heterocycles. The van der Waals surface area contributed by atoms with Gasteiger partial charge in [0.25, 0.3) is 0 Å². The van der Waals surface area contributed by atoms with Crippen LogP contribution in [0.3, 0.4) is 0 Å². The van der Waals surface area contributed by atoms with Crippen LogP contribution >= 0.6 is 0 Å². The fourth-order valence-corrected chi connectivity index (χ4v) is 0.757. The molecule has 10 heteroatoms. The first-order valence-electron chi connectivity index (χ1n) is 7.57. The van der Waals surface area contributed by atoms with E-state index < -0.39 is 23.9 Å². The third-order valence-corrected chi connectivity index (χ3v) is 2.36. The molecule has 0 amide bonds. The quantitative estimate of drug-likeness (QED) is 0.280. The van der Waals surface area contributed by atoms with Crippen LogP contribution in [-0.2, 0) is 20.4 Å². The van der Waals surface area contributed by atoms with Crippen molar-refractivity contribution in [2.45, 2.75) is 26.7 Å². The minimum Gasteiger partial charge on any atom is -0.507 e. The number of aliphatic carboxylic acids is 3. The molecule has 1 aromatic carbocycles. The first-order chi connectivity index (χ1) is 12.9. The SMILES string of the molecule is C=C(C)C(=O)O.C=C(C)C(=O)O.C=C(C)C(=O)O.Oc1ccccc1C(O)(O)O. The van der Waals surface area contributed by atoms with E-state index in [9.17, 15) is 14.4 Å². The van der Waals surface area contributed by atoms with E-state index in [1.165, 1.54) is 45.0 Å². The summed E-state index contributed by atoms with van der Waals surface area (Å²) in [7, 11) is 0. The zero-order valence-corrected chi connectivity index (χ0v) is 16.3. The largest absolute Gasteiger partial charge is 0.507 e. The lowest BCUT2D eigenvalue weighted by Crippen LogP contribution is -2.23. The van der Waals surface area contributed by atoms with Gasteiger partial charge in [-0.25, -0.2) is 14.4 Å². The van der Waals surface area contributed by atoms with Crippen molar-refractivity contribution in [2.75, 3.05) is 0 Å². The smallest absolute Gasteiger partial charge is 0.330 e. The summed E-state index contributed by atoms with van der Waals surface area (Å²) in [6.07, 6.45) is 0. The standard InChI is InChI=1S/C7H8O4.3C4H6O2/c8-6-4-2-1-3-5(6)7(9,10)11;3*1-3(2)4(5)6/h1-4,8-11H;3*1H2,2H3,(H,5,6). The van der Waals surface area contributed by atoms with Crippen molar-refractivity contribution >= 4 is 17.9 Å². The highest BCUT2D eigenvalue weighted by atomic mass is 16.7. The van der Waals surface area contributed by atoms with E-state index in [1.54, 1.807) is 0 Å². The zero-order valence-electron chi connectivity index (χ0n) is 16.3. The molecule has 0 spiro atoms. The number of hydrogen-bond donors (Lipinski definition) is 7. The summed E-state index contributed by atoms with van der Waals surface area (Å²) >= 11 is 0. The molecule has 0 saturated carbocycles. The van der Waals surface area contributed by atoms with E-state index in [2.05, 4.69) is 19.7 Å². The number of aliphatic hydroxyl groups is 3. The van der Waals surface area contributed by atoms with Crippen LogP contribution in [0.15, 0.2) is 60.7 Å². The Balaban J connectivity index is -0.000000328. The van der Waals surface area contributed by atoms with Crippen molar-refractivity contribution in [2.24, 2.45) is 0 Å². The van der Waals surface area contributed by atoms with E-state index in [4.69, 9.17) is 35.7 Å². The molecule has 0 aliphatic heterocycles. The minimum absolute atomic E-state index is 0.176. The number of benzene rings is 1. The number of aromatic hydroxyl groups is 1. The first-order valence-corrected chi connectivity index (χ1v) is 7.57. The molecule has 7 N–H and O–H groups in total. The molecule has 0 radical (unpaired) electrons. The van der Waals surface area contributed by atoms with Gasteiger partial charge in [0, 0.05) is 16.7 Å². The molecule has 0 atom stereocenters. The number of carboxylic acids is 3. The van der Waals surface area contributed by atoms with Gasteiger partial charge in [-0.2, -0.15) is 0 Å². The predicted octanol–water partition coefficient (Wildman–Crippen LogP) is 1.42. The van der Waals surface area contributed by atoms with Crippen LogP contribution < -0.4 is 0 Å². The van der Waals surface area contributed by atoms with Gasteiger partial charge in [-0.05, 0) is 32.9 Å². The highest BCUT2D eigenvalue weighted by Crippen LogP contribution is 2.24. The molecule has 1 rings (SSSR count). The Hall–Kier alpha value is -3.47. The lowest BCUT2D eigenvalue weighted by atomic mass is 10.2. The summed E-state index contributed by atoms with van der Waals surface area (Å²) in [6.45, 7) is 13.8. The van der Waals surface area contributed by atoms with Crippen LogP contribution in [0, 0.1) is 0 Å². The van der Waals surface area contributed by atoms with Gasteiger partial charge in [0.15, 0.2) is 0 Å². The average molecular weight is 414 g/mol. The van der Waals surface area contributed by atoms with E-state index in [0.29, 0.717) is 0 Å². The zero-order chi connectivity index (χ0) is 23.9. The van der Waals surface area contributed by atoms with Gasteiger partial charge < -0.3 is 35.7 Å². The average Bonchev–Trinajstić information content (AvgIpc) is 2.55. The number of carbonyl (C=O) groups is 3. The third kappa shape index (κ3) is 19.1. The highest BCUT2D eigenvalue weighted by molar-refractivity contribution is 5.85. The molecule has 0 aliphatic rings. The van der Waals surface area contributed by atoms with Crippen molar-refractivity contribution < 1.29 is 50.1 Å². The van der Waals surface area contributed by atoms with Gasteiger partial charge in [-0.15, -0.1) is 0 Å². The molecule has 10 nitrogen and oxygen atoms in total. The fraction of sp³-hybridized carbons (Fsp3) is 0.211. The second-order valence-corrected chi connectivity index (χ2v) is 5.41. The predicted molar refractivity (Wildman–Crippen MR) is 104 cm³/mol. The van der Waals surface area contributed by atoms with Crippen LogP contribution in [0.25, 0.3) is 0 Å². The van der Waals surface area contributed by atoms with Gasteiger partial charge in [0.2, 0.25) is 0 Å². The molecule has 0 bridgehead atoms. The molecule has 162 valence electrons.